The zero-order valence-electron chi connectivity index (χ0n) is 16.7. The standard InChI is InChI=1S/C21H30N4O.HI/c1-22-21(25(4)14-15-26-20-12-6-5-7-13-20)23-16-18-10-8-9-11-19(18)17-24(2)3;/h5-13H,14-17H2,1-4H3,(H,22,23);1H. The second-order valence-electron chi connectivity index (χ2n) is 6.49. The van der Waals surface area contributed by atoms with Crippen molar-refractivity contribution in [3.63, 3.8) is 0 Å². The fourth-order valence-corrected chi connectivity index (χ4v) is 2.71. The fraction of sp³-hybridized carbons (Fsp3) is 0.381. The Bertz CT molecular complexity index is 692. The summed E-state index contributed by atoms with van der Waals surface area (Å²) in [5, 5.41) is 3.45. The summed E-state index contributed by atoms with van der Waals surface area (Å²) >= 11 is 0. The summed E-state index contributed by atoms with van der Waals surface area (Å²) < 4.78 is 5.77. The van der Waals surface area contributed by atoms with Gasteiger partial charge >= 0.3 is 0 Å². The second kappa shape index (κ2) is 12.6. The Morgan fingerprint density at radius 2 is 1.59 bits per heavy atom. The molecule has 0 spiro atoms. The monoisotopic (exact) mass is 482 g/mol. The lowest BCUT2D eigenvalue weighted by molar-refractivity contribution is 0.281. The van der Waals surface area contributed by atoms with Crippen molar-refractivity contribution >= 4 is 29.9 Å². The van der Waals surface area contributed by atoms with Gasteiger partial charge in [-0.15, -0.1) is 24.0 Å². The molecular formula is C21H31IN4O. The predicted molar refractivity (Wildman–Crippen MR) is 124 cm³/mol. The van der Waals surface area contributed by atoms with E-state index < -0.39 is 0 Å². The first-order chi connectivity index (χ1) is 12.6. The van der Waals surface area contributed by atoms with Crippen LogP contribution >= 0.6 is 24.0 Å². The van der Waals surface area contributed by atoms with Crippen LogP contribution < -0.4 is 10.1 Å². The van der Waals surface area contributed by atoms with Crippen LogP contribution in [0.4, 0.5) is 0 Å². The summed E-state index contributed by atoms with van der Waals surface area (Å²) in [6, 6.07) is 18.4. The van der Waals surface area contributed by atoms with Crippen molar-refractivity contribution < 1.29 is 4.74 Å². The molecule has 0 aromatic heterocycles. The SMILES string of the molecule is CN=C(NCc1ccccc1CN(C)C)N(C)CCOc1ccccc1.I. The van der Waals surface area contributed by atoms with Gasteiger partial charge in [0.05, 0.1) is 6.54 Å². The zero-order chi connectivity index (χ0) is 18.8. The van der Waals surface area contributed by atoms with E-state index in [0.29, 0.717) is 6.61 Å². The average molecular weight is 482 g/mol. The van der Waals surface area contributed by atoms with E-state index in [9.17, 15) is 0 Å². The minimum absolute atomic E-state index is 0. The third-order valence-electron chi connectivity index (χ3n) is 4.05. The Morgan fingerprint density at radius 3 is 2.22 bits per heavy atom. The van der Waals surface area contributed by atoms with Gasteiger partial charge in [-0.1, -0.05) is 42.5 Å². The number of nitrogens with one attached hydrogen (secondary N) is 1. The molecule has 0 saturated heterocycles. The number of hydrogen-bond acceptors (Lipinski definition) is 3. The molecule has 6 heteroatoms. The van der Waals surface area contributed by atoms with Crippen LogP contribution in [-0.2, 0) is 13.1 Å². The molecule has 2 aromatic carbocycles. The average Bonchev–Trinajstić information content (AvgIpc) is 2.64. The van der Waals surface area contributed by atoms with Gasteiger partial charge < -0.3 is 19.9 Å². The summed E-state index contributed by atoms with van der Waals surface area (Å²) in [4.78, 5) is 8.65. The number of rotatable bonds is 8. The largest absolute Gasteiger partial charge is 0.492 e. The third kappa shape index (κ3) is 8.17. The maximum Gasteiger partial charge on any atom is 0.193 e. The molecule has 0 amide bonds. The van der Waals surface area contributed by atoms with E-state index in [0.717, 1.165) is 31.3 Å². The van der Waals surface area contributed by atoms with E-state index >= 15 is 0 Å². The van der Waals surface area contributed by atoms with Crippen LogP contribution in [0.15, 0.2) is 59.6 Å². The fourth-order valence-electron chi connectivity index (χ4n) is 2.71. The second-order valence-corrected chi connectivity index (χ2v) is 6.49. The Kier molecular flexibility index (Phi) is 10.8. The minimum Gasteiger partial charge on any atom is -0.492 e. The summed E-state index contributed by atoms with van der Waals surface area (Å²) in [5.74, 6) is 1.75. The van der Waals surface area contributed by atoms with Crippen molar-refractivity contribution in [1.82, 2.24) is 15.1 Å². The molecule has 0 aliphatic rings. The highest BCUT2D eigenvalue weighted by atomic mass is 127. The number of para-hydroxylation sites is 1. The molecule has 2 aromatic rings. The molecule has 0 atom stereocenters. The van der Waals surface area contributed by atoms with Gasteiger partial charge in [-0.25, -0.2) is 0 Å². The molecule has 5 nitrogen and oxygen atoms in total. The molecule has 0 radical (unpaired) electrons. The molecule has 0 heterocycles. The topological polar surface area (TPSA) is 40.1 Å². The molecule has 1 N–H and O–H groups in total. The summed E-state index contributed by atoms with van der Waals surface area (Å²) in [6.07, 6.45) is 0. The molecule has 27 heavy (non-hydrogen) atoms. The zero-order valence-corrected chi connectivity index (χ0v) is 19.0. The highest BCUT2D eigenvalue weighted by Gasteiger charge is 2.08. The quantitative estimate of drug-likeness (QED) is 0.356. The lowest BCUT2D eigenvalue weighted by Gasteiger charge is -2.23. The van der Waals surface area contributed by atoms with E-state index in [1.54, 1.807) is 0 Å². The Hall–Kier alpha value is -1.80. The van der Waals surface area contributed by atoms with E-state index in [2.05, 4.69) is 58.5 Å². The van der Waals surface area contributed by atoms with Crippen LogP contribution in [0, 0.1) is 0 Å². The minimum atomic E-state index is 0. The maximum atomic E-state index is 5.77. The Labute approximate surface area is 180 Å². The summed E-state index contributed by atoms with van der Waals surface area (Å²) in [7, 11) is 8.01. The number of guanidine groups is 1. The lowest BCUT2D eigenvalue weighted by atomic mass is 10.1. The van der Waals surface area contributed by atoms with Crippen LogP contribution in [0.25, 0.3) is 0 Å². The lowest BCUT2D eigenvalue weighted by Crippen LogP contribution is -2.40. The first kappa shape index (κ1) is 23.2. The molecule has 148 valence electrons. The van der Waals surface area contributed by atoms with Crippen LogP contribution in [-0.4, -0.2) is 57.1 Å². The van der Waals surface area contributed by atoms with Crippen molar-refractivity contribution in [2.45, 2.75) is 13.1 Å². The van der Waals surface area contributed by atoms with Gasteiger partial charge in [0.2, 0.25) is 0 Å². The van der Waals surface area contributed by atoms with Gasteiger partial charge in [-0.05, 0) is 37.4 Å². The molecule has 2 rings (SSSR count). The van der Waals surface area contributed by atoms with Crippen LogP contribution in [0.3, 0.4) is 0 Å². The first-order valence-electron chi connectivity index (χ1n) is 8.91. The number of hydrogen-bond donors (Lipinski definition) is 1. The van der Waals surface area contributed by atoms with Crippen molar-refractivity contribution in [3.8, 4) is 5.75 Å². The number of aliphatic imine (C=N–C) groups is 1. The van der Waals surface area contributed by atoms with Gasteiger partial charge in [0, 0.05) is 27.2 Å². The van der Waals surface area contributed by atoms with Crippen LogP contribution in [0.1, 0.15) is 11.1 Å². The van der Waals surface area contributed by atoms with Gasteiger partial charge in [-0.2, -0.15) is 0 Å². The predicted octanol–water partition coefficient (Wildman–Crippen LogP) is 3.45. The number of halogens is 1. The molecule has 0 aliphatic heterocycles. The van der Waals surface area contributed by atoms with Crippen molar-refractivity contribution in [2.24, 2.45) is 4.99 Å². The Morgan fingerprint density at radius 1 is 0.963 bits per heavy atom. The van der Waals surface area contributed by atoms with Gasteiger partial charge in [0.15, 0.2) is 5.96 Å². The normalized spacial score (nSPS) is 11.1. The smallest absolute Gasteiger partial charge is 0.193 e. The van der Waals surface area contributed by atoms with Crippen molar-refractivity contribution in [2.75, 3.05) is 41.3 Å². The van der Waals surface area contributed by atoms with Crippen molar-refractivity contribution in [1.29, 1.82) is 0 Å². The summed E-state index contributed by atoms with van der Waals surface area (Å²) in [6.45, 7) is 3.05. The molecule has 0 bridgehead atoms. The van der Waals surface area contributed by atoms with E-state index in [4.69, 9.17) is 4.74 Å². The Balaban J connectivity index is 0.00000364. The molecular weight excluding hydrogens is 451 g/mol. The number of nitrogens with zero attached hydrogens (tertiary/aromatic N) is 3. The number of ether oxygens (including phenoxy) is 1. The van der Waals surface area contributed by atoms with Crippen molar-refractivity contribution in [3.05, 3.63) is 65.7 Å². The van der Waals surface area contributed by atoms with E-state index in [1.165, 1.54) is 11.1 Å². The molecule has 0 aliphatic carbocycles. The summed E-state index contributed by atoms with van der Waals surface area (Å²) in [5.41, 5.74) is 2.62. The van der Waals surface area contributed by atoms with Gasteiger partial charge in [0.1, 0.15) is 12.4 Å². The molecule has 0 saturated carbocycles. The van der Waals surface area contributed by atoms with Crippen LogP contribution in [0.2, 0.25) is 0 Å². The van der Waals surface area contributed by atoms with Crippen LogP contribution in [0.5, 0.6) is 5.75 Å². The van der Waals surface area contributed by atoms with E-state index in [1.807, 2.05) is 44.4 Å². The number of benzene rings is 2. The van der Waals surface area contributed by atoms with Gasteiger partial charge in [0.25, 0.3) is 0 Å². The van der Waals surface area contributed by atoms with E-state index in [-0.39, 0.29) is 24.0 Å². The number of likely N-dealkylation sites (N-methyl/N-ethyl adjacent to an activating group) is 1. The third-order valence-corrected chi connectivity index (χ3v) is 4.05. The molecule has 0 unspecified atom stereocenters. The highest BCUT2D eigenvalue weighted by Crippen LogP contribution is 2.11. The highest BCUT2D eigenvalue weighted by molar-refractivity contribution is 14.0. The molecule has 0 fully saturated rings. The first-order valence-corrected chi connectivity index (χ1v) is 8.91. The van der Waals surface area contributed by atoms with Gasteiger partial charge in [-0.3, -0.25) is 4.99 Å². The maximum absolute atomic E-state index is 5.77.